The van der Waals surface area contributed by atoms with Crippen molar-refractivity contribution in [3.05, 3.63) is 27.7 Å². The third kappa shape index (κ3) is 2.51. The molecule has 3 nitrogen and oxygen atoms in total. The molecule has 0 aliphatic rings. The predicted octanol–water partition coefficient (Wildman–Crippen LogP) is 2.47. The predicted molar refractivity (Wildman–Crippen MR) is 54.9 cm³/mol. The summed E-state index contributed by atoms with van der Waals surface area (Å²) in [4.78, 5) is 0. The molecule has 0 aliphatic heterocycles. The van der Waals surface area contributed by atoms with E-state index in [4.69, 9.17) is 37.8 Å². The molecule has 0 heterocycles. The highest BCUT2D eigenvalue weighted by Crippen LogP contribution is 2.33. The van der Waals surface area contributed by atoms with Gasteiger partial charge in [-0.15, -0.1) is 0 Å². The molecule has 0 saturated carbocycles. The Hall–Kier alpha value is -0.480. The lowest BCUT2D eigenvalue weighted by atomic mass is 10.2. The largest absolute Gasteiger partial charge is 0.466 e. The van der Waals surface area contributed by atoms with Gasteiger partial charge in [-0.2, -0.15) is 0 Å². The summed E-state index contributed by atoms with van der Waals surface area (Å²) in [6.07, 6.45) is 0. The van der Waals surface area contributed by atoms with Crippen LogP contribution in [-0.4, -0.2) is 19.0 Å². The van der Waals surface area contributed by atoms with Crippen molar-refractivity contribution in [3.8, 4) is 5.75 Å². The average molecular weight is 237 g/mol. The van der Waals surface area contributed by atoms with Crippen molar-refractivity contribution in [2.45, 2.75) is 6.61 Å². The molecular weight excluding hydrogens is 227 g/mol. The van der Waals surface area contributed by atoms with Crippen molar-refractivity contribution >= 4 is 23.2 Å². The van der Waals surface area contributed by atoms with Crippen molar-refractivity contribution in [3.63, 3.8) is 0 Å². The van der Waals surface area contributed by atoms with Gasteiger partial charge in [0.2, 0.25) is 0 Å². The standard InChI is InChI=1S/C9H10Cl2O3/c1-13-5-14-8-3-2-7(10)6(4-12)9(8)11/h2-3,12H,4-5H2,1H3. The molecule has 0 radical (unpaired) electrons. The topological polar surface area (TPSA) is 38.7 Å². The molecule has 14 heavy (non-hydrogen) atoms. The van der Waals surface area contributed by atoms with Gasteiger partial charge in [0.15, 0.2) is 6.79 Å². The number of aliphatic hydroxyl groups excluding tert-OH is 1. The molecule has 0 bridgehead atoms. The van der Waals surface area contributed by atoms with E-state index in [0.717, 1.165) is 0 Å². The van der Waals surface area contributed by atoms with Crippen LogP contribution in [0, 0.1) is 0 Å². The molecule has 0 aliphatic carbocycles. The lowest BCUT2D eigenvalue weighted by Gasteiger charge is -2.10. The zero-order valence-electron chi connectivity index (χ0n) is 7.59. The molecule has 0 spiro atoms. The van der Waals surface area contributed by atoms with E-state index in [1.165, 1.54) is 7.11 Å². The fourth-order valence-electron chi connectivity index (χ4n) is 0.955. The molecule has 0 atom stereocenters. The van der Waals surface area contributed by atoms with Gasteiger partial charge in [-0.05, 0) is 12.1 Å². The molecule has 0 aromatic heterocycles. The number of benzene rings is 1. The Morgan fingerprint density at radius 2 is 2.07 bits per heavy atom. The summed E-state index contributed by atoms with van der Waals surface area (Å²) in [7, 11) is 1.51. The first-order chi connectivity index (χ1) is 6.70. The van der Waals surface area contributed by atoms with Crippen molar-refractivity contribution in [1.82, 2.24) is 0 Å². The minimum Gasteiger partial charge on any atom is -0.466 e. The number of aliphatic hydroxyl groups is 1. The van der Waals surface area contributed by atoms with E-state index < -0.39 is 0 Å². The van der Waals surface area contributed by atoms with Gasteiger partial charge < -0.3 is 14.6 Å². The van der Waals surface area contributed by atoms with E-state index in [0.29, 0.717) is 21.4 Å². The van der Waals surface area contributed by atoms with Crippen LogP contribution in [-0.2, 0) is 11.3 Å². The SMILES string of the molecule is COCOc1ccc(Cl)c(CO)c1Cl. The van der Waals surface area contributed by atoms with Gasteiger partial charge in [0.25, 0.3) is 0 Å². The quantitative estimate of drug-likeness (QED) is 0.817. The molecule has 0 fully saturated rings. The smallest absolute Gasteiger partial charge is 0.188 e. The molecule has 1 aromatic carbocycles. The Balaban J connectivity index is 2.96. The third-order valence-corrected chi connectivity index (χ3v) is 2.41. The van der Waals surface area contributed by atoms with E-state index in [9.17, 15) is 0 Å². The Kier molecular flexibility index (Phi) is 4.48. The molecule has 0 saturated heterocycles. The van der Waals surface area contributed by atoms with Gasteiger partial charge in [0.1, 0.15) is 5.75 Å². The molecule has 1 aromatic rings. The van der Waals surface area contributed by atoms with E-state index >= 15 is 0 Å². The van der Waals surface area contributed by atoms with Gasteiger partial charge in [-0.1, -0.05) is 23.2 Å². The van der Waals surface area contributed by atoms with Crippen LogP contribution in [0.2, 0.25) is 10.0 Å². The highest BCUT2D eigenvalue weighted by atomic mass is 35.5. The van der Waals surface area contributed by atoms with E-state index in [2.05, 4.69) is 0 Å². The van der Waals surface area contributed by atoms with Crippen LogP contribution < -0.4 is 4.74 Å². The Bertz CT molecular complexity index is 315. The first-order valence-corrected chi connectivity index (χ1v) is 4.65. The summed E-state index contributed by atoms with van der Waals surface area (Å²) in [6, 6.07) is 3.24. The van der Waals surface area contributed by atoms with Crippen LogP contribution in [0.25, 0.3) is 0 Å². The van der Waals surface area contributed by atoms with Crippen LogP contribution in [0.15, 0.2) is 12.1 Å². The van der Waals surface area contributed by atoms with Crippen molar-refractivity contribution in [1.29, 1.82) is 0 Å². The van der Waals surface area contributed by atoms with Gasteiger partial charge in [0, 0.05) is 17.7 Å². The minimum absolute atomic E-state index is 0.103. The van der Waals surface area contributed by atoms with E-state index in [1.807, 2.05) is 0 Å². The number of hydrogen-bond donors (Lipinski definition) is 1. The van der Waals surface area contributed by atoms with Gasteiger partial charge in [-0.3, -0.25) is 0 Å². The first-order valence-electron chi connectivity index (χ1n) is 3.90. The summed E-state index contributed by atoms with van der Waals surface area (Å²) < 4.78 is 9.89. The maximum absolute atomic E-state index is 8.99. The van der Waals surface area contributed by atoms with Crippen molar-refractivity contribution < 1.29 is 14.6 Å². The van der Waals surface area contributed by atoms with E-state index in [1.54, 1.807) is 12.1 Å². The van der Waals surface area contributed by atoms with Gasteiger partial charge in [-0.25, -0.2) is 0 Å². The fourth-order valence-corrected chi connectivity index (χ4v) is 1.50. The fraction of sp³-hybridized carbons (Fsp3) is 0.333. The second-order valence-corrected chi connectivity index (χ2v) is 3.33. The number of halogens is 2. The summed E-state index contributed by atoms with van der Waals surface area (Å²) in [5.41, 5.74) is 0.460. The van der Waals surface area contributed by atoms with Crippen LogP contribution in [0.3, 0.4) is 0 Å². The average Bonchev–Trinajstić information content (AvgIpc) is 2.18. The first kappa shape index (κ1) is 11.6. The lowest BCUT2D eigenvalue weighted by molar-refractivity contribution is 0.0510. The van der Waals surface area contributed by atoms with Crippen LogP contribution in [0.5, 0.6) is 5.75 Å². The number of rotatable bonds is 4. The minimum atomic E-state index is -0.220. The summed E-state index contributed by atoms with van der Waals surface area (Å²) in [5.74, 6) is 0.446. The molecule has 1 N–H and O–H groups in total. The second kappa shape index (κ2) is 5.41. The normalized spacial score (nSPS) is 10.3. The zero-order chi connectivity index (χ0) is 10.6. The van der Waals surface area contributed by atoms with Gasteiger partial charge in [0.05, 0.1) is 11.6 Å². The summed E-state index contributed by atoms with van der Waals surface area (Å²) >= 11 is 11.7. The third-order valence-electron chi connectivity index (χ3n) is 1.64. The second-order valence-electron chi connectivity index (χ2n) is 2.55. The lowest BCUT2D eigenvalue weighted by Crippen LogP contribution is -2.00. The Morgan fingerprint density at radius 1 is 1.36 bits per heavy atom. The zero-order valence-corrected chi connectivity index (χ0v) is 9.10. The number of methoxy groups -OCH3 is 1. The molecule has 0 amide bonds. The van der Waals surface area contributed by atoms with Crippen molar-refractivity contribution in [2.75, 3.05) is 13.9 Å². The molecule has 1 rings (SSSR count). The number of ether oxygens (including phenoxy) is 2. The highest BCUT2D eigenvalue weighted by Gasteiger charge is 2.10. The van der Waals surface area contributed by atoms with Gasteiger partial charge >= 0.3 is 0 Å². The van der Waals surface area contributed by atoms with Crippen LogP contribution in [0.4, 0.5) is 0 Å². The Labute approximate surface area is 92.2 Å². The van der Waals surface area contributed by atoms with E-state index in [-0.39, 0.29) is 13.4 Å². The van der Waals surface area contributed by atoms with Crippen LogP contribution >= 0.6 is 23.2 Å². The van der Waals surface area contributed by atoms with Crippen molar-refractivity contribution in [2.24, 2.45) is 0 Å². The molecular formula is C9H10Cl2O3. The molecule has 0 unspecified atom stereocenters. The Morgan fingerprint density at radius 3 is 2.64 bits per heavy atom. The summed E-state index contributed by atoms with van der Waals surface area (Å²) in [5, 5.41) is 9.73. The number of hydrogen-bond acceptors (Lipinski definition) is 3. The monoisotopic (exact) mass is 236 g/mol. The molecule has 78 valence electrons. The highest BCUT2D eigenvalue weighted by molar-refractivity contribution is 6.36. The van der Waals surface area contributed by atoms with Crippen LogP contribution in [0.1, 0.15) is 5.56 Å². The maximum atomic E-state index is 8.99. The summed E-state index contributed by atoms with van der Waals surface area (Å²) in [6.45, 7) is -0.117. The molecule has 5 heteroatoms. The maximum Gasteiger partial charge on any atom is 0.188 e.